The Kier molecular flexibility index (Phi) is 32.4. The molecule has 2 fully saturated rings. The van der Waals surface area contributed by atoms with Crippen LogP contribution in [0, 0.1) is 0 Å². The molecule has 0 bridgehead atoms. The average Bonchev–Trinajstić information content (AvgIpc) is 3.01. The molecule has 0 aromatic heterocycles. The maximum absolute atomic E-state index is 12.1. The van der Waals surface area contributed by atoms with Gasteiger partial charge in [-0.25, -0.2) is 21.6 Å². The van der Waals surface area contributed by atoms with E-state index in [0.717, 1.165) is 7.11 Å². The number of aliphatic hydroxyl groups is 6. The molecule has 0 saturated carbocycles. The Hall–Kier alpha value is 2.96. The molecule has 2 heterocycles. The average molecular weight is 874 g/mol. The van der Waals surface area contributed by atoms with E-state index in [1.165, 1.54) is 11.6 Å². The molecular formula is C21H35NNa4O24S3. The van der Waals surface area contributed by atoms with E-state index in [1.807, 2.05) is 0 Å². The summed E-state index contributed by atoms with van der Waals surface area (Å²) in [7, 11) is -10.2. The zero-order valence-electron chi connectivity index (χ0n) is 29.2. The van der Waals surface area contributed by atoms with Crippen molar-refractivity contribution in [3.63, 3.8) is 0 Å². The first kappa shape index (κ1) is 60.3. The van der Waals surface area contributed by atoms with Crippen LogP contribution in [0.2, 0.25) is 0 Å². The molecule has 290 valence electrons. The Morgan fingerprint density at radius 3 is 1.94 bits per heavy atom. The molecule has 2 rings (SSSR count). The predicted octanol–water partition coefficient (Wildman–Crippen LogP) is -20.7. The molecule has 6 unspecified atom stereocenters. The molecule has 2 aliphatic heterocycles. The first-order valence-corrected chi connectivity index (χ1v) is 17.1. The third-order valence-electron chi connectivity index (χ3n) is 7.10. The number of carbonyl (C=O) groups excluding carboxylic acids is 1. The van der Waals surface area contributed by atoms with Crippen LogP contribution in [0.5, 0.6) is 0 Å². The molecule has 2 aliphatic rings. The fourth-order valence-electron chi connectivity index (χ4n) is 4.79. The molecule has 25 nitrogen and oxygen atoms in total. The molecule has 0 aromatic carbocycles. The van der Waals surface area contributed by atoms with Crippen LogP contribution in [0.1, 0.15) is 13.3 Å². The number of carbonyl (C=O) groups is 1. The second kappa shape index (κ2) is 28.5. The molecule has 53 heavy (non-hydrogen) atoms. The zero-order valence-corrected chi connectivity index (χ0v) is 39.6. The van der Waals surface area contributed by atoms with E-state index in [2.05, 4.69) is 13.6 Å². The maximum Gasteiger partial charge on any atom is 1.00 e. The van der Waals surface area contributed by atoms with Gasteiger partial charge >= 0.3 is 118 Å². The Balaban J connectivity index is -0.00000625. The number of aliphatic carboxylic acids is 1. The molecule has 14 atom stereocenters. The minimum absolute atomic E-state index is 0. The molecule has 0 aliphatic carbocycles. The largest absolute Gasteiger partial charge is 1.00 e. The van der Waals surface area contributed by atoms with Gasteiger partial charge in [-0.3, -0.25) is 13.4 Å². The van der Waals surface area contributed by atoms with Gasteiger partial charge in [0.25, 0.3) is 0 Å². The van der Waals surface area contributed by atoms with Crippen molar-refractivity contribution in [2.45, 2.75) is 98.9 Å². The van der Waals surface area contributed by atoms with Crippen molar-refractivity contribution in [1.82, 2.24) is 4.72 Å². The van der Waals surface area contributed by atoms with E-state index in [1.54, 1.807) is 0 Å². The van der Waals surface area contributed by atoms with E-state index < -0.39 is 132 Å². The fraction of sp³-hybridized carbons (Fsp3) is 0.952. The number of ether oxygens (including phenoxy) is 5. The quantitative estimate of drug-likeness (QED) is 0.0107. The summed E-state index contributed by atoms with van der Waals surface area (Å²) in [6.07, 6.45) is -26.4. The van der Waals surface area contributed by atoms with Crippen LogP contribution in [-0.4, -0.2) is 175 Å². The van der Waals surface area contributed by atoms with Crippen molar-refractivity contribution >= 4 is 39.0 Å². The van der Waals surface area contributed by atoms with Gasteiger partial charge in [0.05, 0.1) is 31.9 Å². The summed E-state index contributed by atoms with van der Waals surface area (Å²) in [5, 5.41) is 86.7. The molecule has 0 amide bonds. The fourth-order valence-corrected chi connectivity index (χ4v) is 6.14. The van der Waals surface area contributed by atoms with Crippen LogP contribution in [0.3, 0.4) is 0 Å². The van der Waals surface area contributed by atoms with Gasteiger partial charge in [-0.15, -0.1) is 4.33 Å². The predicted molar refractivity (Wildman–Crippen MR) is 142 cm³/mol. The summed E-state index contributed by atoms with van der Waals surface area (Å²) in [5.41, 5.74) is 0. The number of carboxylic acid groups (broad SMARTS) is 1. The number of hydrogen-bond acceptors (Lipinski definition) is 25. The Morgan fingerprint density at radius 2 is 1.45 bits per heavy atom. The van der Waals surface area contributed by atoms with Crippen LogP contribution in [0.4, 0.5) is 0 Å². The summed E-state index contributed by atoms with van der Waals surface area (Å²) in [4.78, 5) is 12.1. The number of methoxy groups -OCH3 is 1. The van der Waals surface area contributed by atoms with Crippen molar-refractivity contribution in [1.29, 1.82) is 0 Å². The topological polar surface area (TPSA) is 394 Å². The van der Waals surface area contributed by atoms with Crippen molar-refractivity contribution < 1.29 is 231 Å². The first-order valence-electron chi connectivity index (χ1n) is 13.7. The summed E-state index contributed by atoms with van der Waals surface area (Å²) in [6.45, 7) is -1.08. The van der Waals surface area contributed by atoms with Crippen LogP contribution in [0.15, 0.2) is 0 Å². The van der Waals surface area contributed by atoms with Gasteiger partial charge in [0.15, 0.2) is 28.9 Å². The summed E-state index contributed by atoms with van der Waals surface area (Å²) in [5.74, 6) is -2.18. The molecule has 0 spiro atoms. The van der Waals surface area contributed by atoms with Crippen LogP contribution in [0.25, 0.3) is 0 Å². The van der Waals surface area contributed by atoms with Gasteiger partial charge < -0.3 is 78.6 Å². The van der Waals surface area contributed by atoms with Gasteiger partial charge in [-0.2, -0.15) is 0 Å². The number of nitrogens with one attached hydrogen (secondary N) is 1. The Labute approximate surface area is 396 Å². The third kappa shape index (κ3) is 19.5. The van der Waals surface area contributed by atoms with E-state index in [-0.39, 0.29) is 137 Å². The molecule has 2 saturated heterocycles. The molecule has 0 aromatic rings. The third-order valence-corrected chi connectivity index (χ3v) is 8.46. The van der Waals surface area contributed by atoms with Crippen LogP contribution < -0.4 is 133 Å². The van der Waals surface area contributed by atoms with Crippen LogP contribution in [-0.2, 0) is 66.9 Å². The standard InChI is InChI=1S/C21H39NO24S3.4Na/c1-3-7(23)12(25)13(26)8(24)4-39-5-9-17(44-49(35,36)37)15(28)18(19(41-9)20(29)30)43-21-11(22-48(32,33)34)14(27)16(38-2)10(42-21)6-40-47-46-45-31;;;;/h7-19,21-28,31H,3-6H2,1-2H3,(H,29,30)(H,32,33,34)(H,35,36,37);;;;/q;4*+1/p-4/t7?,8?,9-,10?,11?,12+,13-,14+,15+,16-,17?,18+,19?,21-;;;;/m0..../s1. The first-order chi connectivity index (χ1) is 22.8. The van der Waals surface area contributed by atoms with Crippen molar-refractivity contribution in [2.75, 3.05) is 26.9 Å². The van der Waals surface area contributed by atoms with Crippen molar-refractivity contribution in [2.24, 2.45) is 0 Å². The van der Waals surface area contributed by atoms with Gasteiger partial charge in [0.2, 0.25) is 10.4 Å². The smallest absolute Gasteiger partial charge is 0.735 e. The van der Waals surface area contributed by atoms with Crippen molar-refractivity contribution in [3.8, 4) is 0 Å². The van der Waals surface area contributed by atoms with Gasteiger partial charge in [0.1, 0.15) is 73.2 Å². The van der Waals surface area contributed by atoms with Crippen molar-refractivity contribution in [3.05, 3.63) is 0 Å². The minimum Gasteiger partial charge on any atom is -0.735 e. The Bertz CT molecular complexity index is 1250. The second-order valence-electron chi connectivity index (χ2n) is 10.4. The van der Waals surface area contributed by atoms with E-state index >= 15 is 0 Å². The van der Waals surface area contributed by atoms with E-state index in [0.29, 0.717) is 0 Å². The minimum atomic E-state index is -5.74. The van der Waals surface area contributed by atoms with E-state index in [9.17, 15) is 71.7 Å². The monoisotopic (exact) mass is 873 g/mol. The molecular weight excluding hydrogens is 838 g/mol. The summed E-state index contributed by atoms with van der Waals surface area (Å²) >= 11 is -0.0362. The second-order valence-corrected chi connectivity index (χ2v) is 13.0. The van der Waals surface area contributed by atoms with Gasteiger partial charge in [-0.1, -0.05) is 6.92 Å². The summed E-state index contributed by atoms with van der Waals surface area (Å²) < 4.78 is 110. The number of rotatable bonds is 21. The number of aliphatic hydroxyl groups excluding tert-OH is 6. The normalized spacial score (nSPS) is 31.3. The van der Waals surface area contributed by atoms with E-state index in [4.69, 9.17) is 27.9 Å². The SMILES string of the molecule is CCC(O)[C@@H](O)[C@@H](O)C(O)COC[C@@H]1OC(C(=O)[O-])[C@H](O[C@@H]2OC(COSOO[O-])[C@H](OC)[C@H](O)C2NS(=O)(=O)[O-])[C@H](O)C1OS(=O)(=O)[O-].[Na+].[Na+].[Na+].[Na+]. The molecule has 32 heteroatoms. The maximum atomic E-state index is 12.1. The number of hydrogen-bond donors (Lipinski definition) is 7. The summed E-state index contributed by atoms with van der Waals surface area (Å²) in [6, 6.07) is -2.15. The zero-order chi connectivity index (χ0) is 37.3. The number of carboxylic acids is 1. The van der Waals surface area contributed by atoms with Gasteiger partial charge in [0, 0.05) is 7.11 Å². The molecule has 0 radical (unpaired) electrons. The van der Waals surface area contributed by atoms with Gasteiger partial charge in [-0.05, 0) is 6.42 Å². The van der Waals surface area contributed by atoms with Crippen LogP contribution >= 0.6 is 12.3 Å². The Morgan fingerprint density at radius 1 is 0.887 bits per heavy atom. The molecule has 7 N–H and O–H groups in total.